The Morgan fingerprint density at radius 2 is 2.05 bits per heavy atom. The van der Waals surface area contributed by atoms with Crippen LogP contribution in [0.5, 0.6) is 5.75 Å². The minimum Gasteiger partial charge on any atom is -0.482 e. The van der Waals surface area contributed by atoms with E-state index in [1.807, 2.05) is 24.3 Å². The molecule has 0 fully saturated rings. The largest absolute Gasteiger partial charge is 0.482 e. The van der Waals surface area contributed by atoms with Gasteiger partial charge in [-0.3, -0.25) is 4.79 Å². The van der Waals surface area contributed by atoms with E-state index in [9.17, 15) is 4.79 Å². The van der Waals surface area contributed by atoms with Crippen LogP contribution in [0.2, 0.25) is 10.0 Å². The van der Waals surface area contributed by atoms with E-state index in [1.165, 1.54) is 0 Å². The minimum absolute atomic E-state index is 0.0605. The summed E-state index contributed by atoms with van der Waals surface area (Å²) in [5.74, 6) is 0.538. The second kappa shape index (κ2) is 5.84. The van der Waals surface area contributed by atoms with Crippen LogP contribution in [0.1, 0.15) is 5.56 Å². The smallest absolute Gasteiger partial charge is 0.262 e. The second-order valence-corrected chi connectivity index (χ2v) is 5.49. The van der Waals surface area contributed by atoms with Crippen LogP contribution in [0, 0.1) is 0 Å². The quantitative estimate of drug-likeness (QED) is 0.900. The summed E-state index contributed by atoms with van der Waals surface area (Å²) in [6.07, 6.45) is 0. The molecule has 2 aromatic rings. The fourth-order valence-corrected chi connectivity index (χ4v) is 2.55. The lowest BCUT2D eigenvalue weighted by molar-refractivity contribution is -0.118. The SMILES string of the molecule is O=C1COc2ccc(CNc3ccc(Cl)cc3Cl)cc2N1. The molecule has 1 amide bonds. The first kappa shape index (κ1) is 14.0. The van der Waals surface area contributed by atoms with Crippen molar-refractivity contribution in [1.29, 1.82) is 0 Å². The lowest BCUT2D eigenvalue weighted by atomic mass is 10.1. The molecule has 3 rings (SSSR count). The van der Waals surface area contributed by atoms with Gasteiger partial charge in [-0.15, -0.1) is 0 Å². The maximum absolute atomic E-state index is 11.3. The fraction of sp³-hybridized carbons (Fsp3) is 0.133. The summed E-state index contributed by atoms with van der Waals surface area (Å²) in [6.45, 7) is 0.634. The number of hydrogen-bond acceptors (Lipinski definition) is 3. The van der Waals surface area contributed by atoms with Gasteiger partial charge in [-0.1, -0.05) is 29.3 Å². The fourth-order valence-electron chi connectivity index (χ4n) is 2.07. The van der Waals surface area contributed by atoms with Gasteiger partial charge in [-0.25, -0.2) is 0 Å². The topological polar surface area (TPSA) is 50.4 Å². The molecule has 0 radical (unpaired) electrons. The van der Waals surface area contributed by atoms with Gasteiger partial charge in [0.2, 0.25) is 0 Å². The minimum atomic E-state index is -0.145. The highest BCUT2D eigenvalue weighted by molar-refractivity contribution is 6.36. The zero-order valence-electron chi connectivity index (χ0n) is 11.0. The van der Waals surface area contributed by atoms with Gasteiger partial charge in [0.15, 0.2) is 6.61 Å². The Kier molecular flexibility index (Phi) is 3.90. The molecule has 6 heteroatoms. The molecule has 21 heavy (non-hydrogen) atoms. The first-order valence-corrected chi connectivity index (χ1v) is 7.12. The predicted molar refractivity (Wildman–Crippen MR) is 84.4 cm³/mol. The molecule has 0 spiro atoms. The highest BCUT2D eigenvalue weighted by Crippen LogP contribution is 2.30. The number of ether oxygens (including phenoxy) is 1. The molecule has 0 unspecified atom stereocenters. The molecule has 1 heterocycles. The third-order valence-corrected chi connectivity index (χ3v) is 3.64. The predicted octanol–water partition coefficient (Wildman–Crippen LogP) is 3.94. The molecule has 0 atom stereocenters. The van der Waals surface area contributed by atoms with Gasteiger partial charge in [-0.05, 0) is 35.9 Å². The molecule has 0 saturated heterocycles. The highest BCUT2D eigenvalue weighted by Gasteiger charge is 2.15. The molecule has 1 aliphatic rings. The molecule has 1 aliphatic heterocycles. The van der Waals surface area contributed by atoms with Crippen molar-refractivity contribution < 1.29 is 9.53 Å². The average Bonchev–Trinajstić information content (AvgIpc) is 2.46. The maximum atomic E-state index is 11.3. The summed E-state index contributed by atoms with van der Waals surface area (Å²) in [5, 5.41) is 7.18. The van der Waals surface area contributed by atoms with Crippen LogP contribution in [0.3, 0.4) is 0 Å². The lowest BCUT2D eigenvalue weighted by Gasteiger charge is -2.18. The molecule has 2 aromatic carbocycles. The van der Waals surface area contributed by atoms with E-state index < -0.39 is 0 Å². The van der Waals surface area contributed by atoms with Crippen LogP contribution >= 0.6 is 23.2 Å². The van der Waals surface area contributed by atoms with Crippen LogP contribution in [0.4, 0.5) is 11.4 Å². The Hall–Kier alpha value is -1.91. The molecule has 2 N–H and O–H groups in total. The Balaban J connectivity index is 1.73. The summed E-state index contributed by atoms with van der Waals surface area (Å²) in [5.41, 5.74) is 2.50. The van der Waals surface area contributed by atoms with Crippen molar-refractivity contribution in [3.63, 3.8) is 0 Å². The van der Waals surface area contributed by atoms with Gasteiger partial charge < -0.3 is 15.4 Å². The summed E-state index contributed by atoms with van der Waals surface area (Å²) >= 11 is 12.0. The molecule has 0 saturated carbocycles. The van der Waals surface area contributed by atoms with E-state index in [0.29, 0.717) is 28.0 Å². The van der Waals surface area contributed by atoms with Crippen LogP contribution in [0.15, 0.2) is 36.4 Å². The van der Waals surface area contributed by atoms with E-state index in [1.54, 1.807) is 12.1 Å². The first-order valence-electron chi connectivity index (χ1n) is 6.36. The average molecular weight is 323 g/mol. The van der Waals surface area contributed by atoms with Gasteiger partial charge in [0.1, 0.15) is 5.75 Å². The Morgan fingerprint density at radius 1 is 1.19 bits per heavy atom. The zero-order valence-corrected chi connectivity index (χ0v) is 12.5. The van der Waals surface area contributed by atoms with Gasteiger partial charge in [-0.2, -0.15) is 0 Å². The summed E-state index contributed by atoms with van der Waals surface area (Å²) in [7, 11) is 0. The normalized spacial score (nSPS) is 13.1. The van der Waals surface area contributed by atoms with Crippen LogP contribution in [-0.2, 0) is 11.3 Å². The number of fused-ring (bicyclic) bond motifs is 1. The van der Waals surface area contributed by atoms with Crippen molar-refractivity contribution in [3.8, 4) is 5.75 Å². The Bertz CT molecular complexity index is 704. The second-order valence-electron chi connectivity index (χ2n) is 4.65. The van der Waals surface area contributed by atoms with E-state index >= 15 is 0 Å². The highest BCUT2D eigenvalue weighted by atomic mass is 35.5. The van der Waals surface area contributed by atoms with Crippen molar-refractivity contribution in [1.82, 2.24) is 0 Å². The maximum Gasteiger partial charge on any atom is 0.262 e. The number of carbonyl (C=O) groups excluding carboxylic acids is 1. The number of nitrogens with one attached hydrogen (secondary N) is 2. The van der Waals surface area contributed by atoms with E-state index in [4.69, 9.17) is 27.9 Å². The van der Waals surface area contributed by atoms with Crippen molar-refractivity contribution in [3.05, 3.63) is 52.0 Å². The van der Waals surface area contributed by atoms with Crippen molar-refractivity contribution in [2.24, 2.45) is 0 Å². The number of carbonyl (C=O) groups is 1. The lowest BCUT2D eigenvalue weighted by Crippen LogP contribution is -2.25. The standard InChI is InChI=1S/C15H12Cl2N2O2/c16-10-2-3-12(11(17)6-10)18-7-9-1-4-14-13(5-9)19-15(20)8-21-14/h1-6,18H,7-8H2,(H,19,20). The van der Waals surface area contributed by atoms with Crippen molar-refractivity contribution >= 4 is 40.5 Å². The number of rotatable bonds is 3. The van der Waals surface area contributed by atoms with Crippen molar-refractivity contribution in [2.75, 3.05) is 17.2 Å². The van der Waals surface area contributed by atoms with Gasteiger partial charge in [0, 0.05) is 11.6 Å². The Labute approximate surface area is 132 Å². The number of amides is 1. The van der Waals surface area contributed by atoms with Crippen LogP contribution < -0.4 is 15.4 Å². The van der Waals surface area contributed by atoms with Crippen LogP contribution in [0.25, 0.3) is 0 Å². The molecule has 108 valence electrons. The number of halogens is 2. The molecule has 0 aromatic heterocycles. The molecule has 0 aliphatic carbocycles. The monoisotopic (exact) mass is 322 g/mol. The van der Waals surface area contributed by atoms with E-state index in [-0.39, 0.29) is 12.5 Å². The third kappa shape index (κ3) is 3.23. The summed E-state index contributed by atoms with van der Waals surface area (Å²) in [6, 6.07) is 10.9. The zero-order chi connectivity index (χ0) is 14.8. The van der Waals surface area contributed by atoms with Gasteiger partial charge >= 0.3 is 0 Å². The van der Waals surface area contributed by atoms with E-state index in [0.717, 1.165) is 11.3 Å². The summed E-state index contributed by atoms with van der Waals surface area (Å²) in [4.78, 5) is 11.3. The first-order chi connectivity index (χ1) is 10.1. The number of benzene rings is 2. The molecular formula is C15H12Cl2N2O2. The summed E-state index contributed by atoms with van der Waals surface area (Å²) < 4.78 is 5.32. The third-order valence-electron chi connectivity index (χ3n) is 3.09. The van der Waals surface area contributed by atoms with Crippen molar-refractivity contribution in [2.45, 2.75) is 6.54 Å². The number of anilines is 2. The van der Waals surface area contributed by atoms with Gasteiger partial charge in [0.25, 0.3) is 5.91 Å². The molecule has 4 nitrogen and oxygen atoms in total. The van der Waals surface area contributed by atoms with Crippen LogP contribution in [-0.4, -0.2) is 12.5 Å². The molecular weight excluding hydrogens is 311 g/mol. The Morgan fingerprint density at radius 3 is 2.86 bits per heavy atom. The van der Waals surface area contributed by atoms with E-state index in [2.05, 4.69) is 10.6 Å². The van der Waals surface area contributed by atoms with Gasteiger partial charge in [0.05, 0.1) is 16.4 Å². The molecule has 0 bridgehead atoms. The number of hydrogen-bond donors (Lipinski definition) is 2.